The number of hydrogen-bond donors (Lipinski definition) is 0. The second-order valence-corrected chi connectivity index (χ2v) is 9.40. The lowest BCUT2D eigenvalue weighted by molar-refractivity contribution is -0.149. The Morgan fingerprint density at radius 2 is 2.00 bits per heavy atom. The molecule has 2 fully saturated rings. The number of methoxy groups -OCH3 is 1. The number of pyridine rings is 1. The van der Waals surface area contributed by atoms with Crippen molar-refractivity contribution in [3.8, 4) is 22.9 Å². The summed E-state index contributed by atoms with van der Waals surface area (Å²) in [6, 6.07) is 5.68. The van der Waals surface area contributed by atoms with Gasteiger partial charge >= 0.3 is 5.97 Å². The molecule has 4 rings (SSSR count). The van der Waals surface area contributed by atoms with Gasteiger partial charge in [0.2, 0.25) is 5.88 Å². The fourth-order valence-electron chi connectivity index (χ4n) is 4.59. The van der Waals surface area contributed by atoms with E-state index in [0.29, 0.717) is 37.2 Å². The summed E-state index contributed by atoms with van der Waals surface area (Å²) in [7, 11) is 1.62. The van der Waals surface area contributed by atoms with Crippen molar-refractivity contribution in [3.05, 3.63) is 30.1 Å². The van der Waals surface area contributed by atoms with Gasteiger partial charge in [0.05, 0.1) is 43.3 Å². The second-order valence-electron chi connectivity index (χ2n) is 9.40. The minimum absolute atomic E-state index is 0.0318. The molecule has 2 saturated carbocycles. The molecule has 32 heavy (non-hydrogen) atoms. The van der Waals surface area contributed by atoms with Crippen LogP contribution in [0.3, 0.4) is 0 Å². The highest BCUT2D eigenvalue weighted by Gasteiger charge is 2.59. The van der Waals surface area contributed by atoms with Gasteiger partial charge in [-0.2, -0.15) is 5.10 Å². The van der Waals surface area contributed by atoms with Gasteiger partial charge in [0.1, 0.15) is 5.75 Å². The van der Waals surface area contributed by atoms with E-state index in [4.69, 9.17) is 19.2 Å². The van der Waals surface area contributed by atoms with Gasteiger partial charge in [-0.1, -0.05) is 19.8 Å². The lowest BCUT2D eigenvalue weighted by Gasteiger charge is -2.25. The first kappa shape index (κ1) is 22.5. The van der Waals surface area contributed by atoms with E-state index in [1.54, 1.807) is 13.3 Å². The van der Waals surface area contributed by atoms with E-state index in [1.807, 2.05) is 32.0 Å². The fraction of sp³-hybridized carbons (Fsp3) is 0.600. The van der Waals surface area contributed by atoms with E-state index < -0.39 is 5.41 Å². The monoisotopic (exact) mass is 439 g/mol. The first-order valence-corrected chi connectivity index (χ1v) is 11.6. The summed E-state index contributed by atoms with van der Waals surface area (Å²) in [5.74, 6) is 2.38. The van der Waals surface area contributed by atoms with Gasteiger partial charge in [-0.05, 0) is 57.1 Å². The van der Waals surface area contributed by atoms with Gasteiger partial charge in [-0.3, -0.25) is 4.79 Å². The van der Waals surface area contributed by atoms with Crippen molar-refractivity contribution in [1.82, 2.24) is 15.2 Å². The predicted molar refractivity (Wildman–Crippen MR) is 121 cm³/mol. The van der Waals surface area contributed by atoms with E-state index >= 15 is 0 Å². The molecule has 0 saturated heterocycles. The highest BCUT2D eigenvalue weighted by Crippen LogP contribution is 2.61. The third kappa shape index (κ3) is 4.71. The van der Waals surface area contributed by atoms with Gasteiger partial charge in [0.15, 0.2) is 0 Å². The molecule has 7 nitrogen and oxygen atoms in total. The molecule has 2 aromatic rings. The maximum absolute atomic E-state index is 12.4. The van der Waals surface area contributed by atoms with E-state index in [9.17, 15) is 4.79 Å². The van der Waals surface area contributed by atoms with Gasteiger partial charge in [-0.15, -0.1) is 5.10 Å². The zero-order valence-electron chi connectivity index (χ0n) is 19.5. The van der Waals surface area contributed by atoms with Crippen molar-refractivity contribution >= 4 is 5.97 Å². The van der Waals surface area contributed by atoms with Crippen LogP contribution in [-0.4, -0.2) is 41.5 Å². The van der Waals surface area contributed by atoms with Crippen LogP contribution in [0.4, 0.5) is 0 Å². The summed E-state index contributed by atoms with van der Waals surface area (Å²) in [6.45, 7) is 7.11. The first-order valence-electron chi connectivity index (χ1n) is 11.6. The third-order valence-corrected chi connectivity index (χ3v) is 6.94. The summed E-state index contributed by atoms with van der Waals surface area (Å²) < 4.78 is 16.8. The highest BCUT2D eigenvalue weighted by atomic mass is 16.5. The molecule has 0 radical (unpaired) electrons. The molecule has 0 spiro atoms. The normalized spacial score (nSPS) is 26.9. The number of nitrogens with zero attached hydrogens (tertiary/aromatic N) is 3. The second kappa shape index (κ2) is 9.43. The number of carbonyl (C=O) groups is 1. The number of hydrogen-bond acceptors (Lipinski definition) is 7. The Hall–Kier alpha value is -2.70. The average molecular weight is 440 g/mol. The van der Waals surface area contributed by atoms with Gasteiger partial charge in [-0.25, -0.2) is 4.98 Å². The zero-order valence-corrected chi connectivity index (χ0v) is 19.5. The summed E-state index contributed by atoms with van der Waals surface area (Å²) in [5.41, 5.74) is 1.80. The van der Waals surface area contributed by atoms with Crippen LogP contribution in [0.2, 0.25) is 0 Å². The van der Waals surface area contributed by atoms with Crippen molar-refractivity contribution < 1.29 is 19.0 Å². The highest BCUT2D eigenvalue weighted by molar-refractivity contribution is 5.82. The maximum Gasteiger partial charge on any atom is 0.312 e. The fourth-order valence-corrected chi connectivity index (χ4v) is 4.59. The van der Waals surface area contributed by atoms with Gasteiger partial charge < -0.3 is 14.2 Å². The Balaban J connectivity index is 1.50. The molecular weight excluding hydrogens is 406 g/mol. The minimum atomic E-state index is -0.558. The molecular formula is C25H33N3O4. The summed E-state index contributed by atoms with van der Waals surface area (Å²) in [6.07, 6.45) is 7.33. The average Bonchev–Trinajstić information content (AvgIpc) is 3.51. The van der Waals surface area contributed by atoms with Crippen LogP contribution in [-0.2, 0) is 9.53 Å². The summed E-state index contributed by atoms with van der Waals surface area (Å²) in [5, 5.41) is 8.28. The first-order chi connectivity index (χ1) is 15.4. The smallest absolute Gasteiger partial charge is 0.312 e. The predicted octanol–water partition coefficient (Wildman–Crippen LogP) is 4.81. The van der Waals surface area contributed by atoms with E-state index in [1.165, 1.54) is 25.7 Å². The van der Waals surface area contributed by atoms with Crippen LogP contribution in [0, 0.1) is 17.3 Å². The largest absolute Gasteiger partial charge is 0.495 e. The van der Waals surface area contributed by atoms with Crippen molar-refractivity contribution in [1.29, 1.82) is 0 Å². The van der Waals surface area contributed by atoms with E-state index in [-0.39, 0.29) is 11.9 Å². The molecule has 0 bridgehead atoms. The molecule has 0 amide bonds. The molecule has 2 heterocycles. The Morgan fingerprint density at radius 1 is 1.22 bits per heavy atom. The summed E-state index contributed by atoms with van der Waals surface area (Å²) in [4.78, 5) is 17.3. The Morgan fingerprint density at radius 3 is 2.72 bits per heavy atom. The maximum atomic E-state index is 12.4. The minimum Gasteiger partial charge on any atom is -0.495 e. The van der Waals surface area contributed by atoms with E-state index in [0.717, 1.165) is 22.9 Å². The Labute approximate surface area is 189 Å². The van der Waals surface area contributed by atoms with Crippen LogP contribution in [0.5, 0.6) is 11.6 Å². The van der Waals surface area contributed by atoms with Crippen molar-refractivity contribution in [3.63, 3.8) is 0 Å². The molecule has 172 valence electrons. The third-order valence-electron chi connectivity index (χ3n) is 6.94. The standard InChI is InChI=1S/C25H33N3O4/c1-5-31-24(29)25(3)13-19(25)23-21(30-4)11-10-20(27-23)18-12-22(28-26-14-18)32-15-17-8-6-16(2)7-9-17/h10-12,14,16-17,19H,5-9,13,15H2,1-4H3/t16?,17?,19-,25+/m0/s1. The quantitative estimate of drug-likeness (QED) is 0.546. The molecule has 0 N–H and O–H groups in total. The molecule has 2 atom stereocenters. The Bertz CT molecular complexity index is 958. The number of carbonyl (C=O) groups excluding carboxylic acids is 1. The number of esters is 1. The van der Waals surface area contributed by atoms with Crippen molar-refractivity contribution in [2.24, 2.45) is 17.3 Å². The van der Waals surface area contributed by atoms with Crippen LogP contribution in [0.25, 0.3) is 11.3 Å². The van der Waals surface area contributed by atoms with Crippen LogP contribution in [0.1, 0.15) is 64.5 Å². The van der Waals surface area contributed by atoms with E-state index in [2.05, 4.69) is 17.1 Å². The van der Waals surface area contributed by atoms with Crippen LogP contribution in [0.15, 0.2) is 24.4 Å². The molecule has 2 aromatic heterocycles. The molecule has 0 unspecified atom stereocenters. The SMILES string of the molecule is CCOC(=O)[C@]1(C)C[C@H]1c1nc(-c2cnnc(OCC3CCC(C)CC3)c2)ccc1OC. The van der Waals surface area contributed by atoms with Crippen molar-refractivity contribution in [2.45, 2.75) is 58.8 Å². The van der Waals surface area contributed by atoms with Crippen LogP contribution >= 0.6 is 0 Å². The number of aromatic nitrogens is 3. The summed E-state index contributed by atoms with van der Waals surface area (Å²) >= 11 is 0. The molecule has 0 aliphatic heterocycles. The van der Waals surface area contributed by atoms with Gasteiger partial charge in [0.25, 0.3) is 0 Å². The molecule has 2 aliphatic carbocycles. The molecule has 7 heteroatoms. The topological polar surface area (TPSA) is 83.4 Å². The molecule has 2 aliphatic rings. The molecule has 0 aromatic carbocycles. The number of rotatable bonds is 8. The lowest BCUT2D eigenvalue weighted by Crippen LogP contribution is -2.19. The Kier molecular flexibility index (Phi) is 6.63. The lowest BCUT2D eigenvalue weighted by atomic mass is 9.83. The van der Waals surface area contributed by atoms with Crippen molar-refractivity contribution in [2.75, 3.05) is 20.3 Å². The van der Waals surface area contributed by atoms with Gasteiger partial charge in [0, 0.05) is 17.5 Å². The zero-order chi connectivity index (χ0) is 22.7. The number of ether oxygens (including phenoxy) is 3. The van der Waals surface area contributed by atoms with Crippen LogP contribution < -0.4 is 9.47 Å².